The molecule has 1 aromatic heterocycles. The molecule has 2 aliphatic rings. The van der Waals surface area contributed by atoms with Gasteiger partial charge in [-0.2, -0.15) is 0 Å². The zero-order valence-corrected chi connectivity index (χ0v) is 15.1. The molecule has 23 heavy (non-hydrogen) atoms. The van der Waals surface area contributed by atoms with Crippen molar-refractivity contribution in [3.8, 4) is 17.2 Å². The second-order valence-corrected chi connectivity index (χ2v) is 6.47. The summed E-state index contributed by atoms with van der Waals surface area (Å²) in [6.45, 7) is 5.29. The van der Waals surface area contributed by atoms with Gasteiger partial charge in [0.2, 0.25) is 6.79 Å². The maximum atomic E-state index is 5.96. The molecule has 1 radical (unpaired) electrons. The molecule has 0 amide bonds. The third-order valence-electron chi connectivity index (χ3n) is 4.50. The standard InChI is InChI=1S/C18H14NO3.Ir/c1-18(2)8-20-17-11-4-3-10-5-14-15(22-9-21-14)6-12(10)16(11)19-7-13(17)18;/h3-5,7H,8-9H2,1-2H3;/q-1;. The third-order valence-corrected chi connectivity index (χ3v) is 4.50. The van der Waals surface area contributed by atoms with Crippen molar-refractivity contribution in [3.63, 3.8) is 0 Å². The van der Waals surface area contributed by atoms with E-state index in [-0.39, 0.29) is 32.3 Å². The Labute approximate surface area is 147 Å². The molecule has 2 aliphatic heterocycles. The van der Waals surface area contributed by atoms with Crippen LogP contribution < -0.4 is 14.2 Å². The number of aromatic nitrogens is 1. The van der Waals surface area contributed by atoms with Gasteiger partial charge in [0.25, 0.3) is 0 Å². The van der Waals surface area contributed by atoms with Crippen molar-refractivity contribution in [2.24, 2.45) is 0 Å². The van der Waals surface area contributed by atoms with Crippen molar-refractivity contribution in [3.05, 3.63) is 36.0 Å². The fraction of sp³-hybridized carbons (Fsp3) is 0.278. The first-order valence-electron chi connectivity index (χ1n) is 7.34. The van der Waals surface area contributed by atoms with Crippen LogP contribution in [0, 0.1) is 6.07 Å². The molecule has 4 nitrogen and oxygen atoms in total. The molecule has 0 N–H and O–H groups in total. The van der Waals surface area contributed by atoms with Crippen LogP contribution in [0.2, 0.25) is 0 Å². The first-order valence-corrected chi connectivity index (χ1v) is 7.34. The zero-order valence-electron chi connectivity index (χ0n) is 12.7. The smallest absolute Gasteiger partial charge is 0.218 e. The molecule has 3 heterocycles. The van der Waals surface area contributed by atoms with Gasteiger partial charge in [0.1, 0.15) is 5.75 Å². The van der Waals surface area contributed by atoms with Crippen molar-refractivity contribution >= 4 is 21.7 Å². The van der Waals surface area contributed by atoms with Gasteiger partial charge < -0.3 is 19.2 Å². The van der Waals surface area contributed by atoms with Gasteiger partial charge in [-0.3, -0.25) is 0 Å². The molecule has 0 aliphatic carbocycles. The molecule has 0 fully saturated rings. The molecule has 0 saturated carbocycles. The van der Waals surface area contributed by atoms with Gasteiger partial charge in [0.15, 0.2) is 0 Å². The van der Waals surface area contributed by atoms with E-state index in [1.807, 2.05) is 12.3 Å². The van der Waals surface area contributed by atoms with E-state index >= 15 is 0 Å². The fourth-order valence-electron chi connectivity index (χ4n) is 3.22. The molecule has 0 bridgehead atoms. The average Bonchev–Trinajstić information content (AvgIpc) is 3.08. The quantitative estimate of drug-likeness (QED) is 0.361. The molecule has 0 spiro atoms. The predicted octanol–water partition coefficient (Wildman–Crippen LogP) is 3.58. The van der Waals surface area contributed by atoms with Crippen LogP contribution in [0.15, 0.2) is 24.4 Å². The molecule has 0 atom stereocenters. The van der Waals surface area contributed by atoms with E-state index in [9.17, 15) is 0 Å². The number of ether oxygens (including phenoxy) is 3. The van der Waals surface area contributed by atoms with Crippen LogP contribution >= 0.6 is 0 Å². The monoisotopic (exact) mass is 485 g/mol. The molecule has 0 saturated heterocycles. The molecule has 3 aromatic rings. The number of hydrogen-bond donors (Lipinski definition) is 0. The van der Waals surface area contributed by atoms with E-state index in [4.69, 9.17) is 19.2 Å². The van der Waals surface area contributed by atoms with Gasteiger partial charge in [-0.15, -0.1) is 10.8 Å². The van der Waals surface area contributed by atoms with E-state index in [1.165, 1.54) is 5.56 Å². The Bertz CT molecular complexity index is 952. The Kier molecular flexibility index (Phi) is 3.09. The topological polar surface area (TPSA) is 40.6 Å². The number of nitrogens with zero attached hydrogens (tertiary/aromatic N) is 1. The van der Waals surface area contributed by atoms with Crippen molar-refractivity contribution in [1.82, 2.24) is 4.98 Å². The Morgan fingerprint density at radius 2 is 2.04 bits per heavy atom. The summed E-state index contributed by atoms with van der Waals surface area (Å²) in [4.78, 5) is 4.69. The maximum Gasteiger partial charge on any atom is 0.218 e. The van der Waals surface area contributed by atoms with E-state index in [1.54, 1.807) is 0 Å². The van der Waals surface area contributed by atoms with Gasteiger partial charge in [0, 0.05) is 42.7 Å². The van der Waals surface area contributed by atoms with Crippen molar-refractivity contribution in [2.45, 2.75) is 19.3 Å². The van der Waals surface area contributed by atoms with Crippen molar-refractivity contribution in [2.75, 3.05) is 13.4 Å². The summed E-state index contributed by atoms with van der Waals surface area (Å²) in [5.41, 5.74) is 2.07. The van der Waals surface area contributed by atoms with Crippen LogP contribution in [0.4, 0.5) is 0 Å². The second kappa shape index (κ2) is 4.83. The summed E-state index contributed by atoms with van der Waals surface area (Å²) in [5, 5.41) is 3.02. The Morgan fingerprint density at radius 3 is 2.91 bits per heavy atom. The van der Waals surface area contributed by atoms with E-state index in [2.05, 4.69) is 32.0 Å². The Morgan fingerprint density at radius 1 is 1.17 bits per heavy atom. The molecular formula is C18H14IrNO3-. The van der Waals surface area contributed by atoms with E-state index in [0.717, 1.165) is 33.2 Å². The SMILES string of the molecule is CC1(C)COc2c1cnc1c2ccc2cc3c([c-]c21)OCO3.[Ir]. The number of pyridine rings is 1. The minimum Gasteiger partial charge on any atom is -0.500 e. The normalized spacial score (nSPS) is 17.0. The largest absolute Gasteiger partial charge is 0.500 e. The van der Waals surface area contributed by atoms with E-state index < -0.39 is 0 Å². The average molecular weight is 485 g/mol. The molecule has 5 heteroatoms. The summed E-state index contributed by atoms with van der Waals surface area (Å²) in [6, 6.07) is 9.41. The first kappa shape index (κ1) is 14.7. The van der Waals surface area contributed by atoms with Gasteiger partial charge in [0.05, 0.1) is 18.1 Å². The van der Waals surface area contributed by atoms with Gasteiger partial charge in [-0.25, -0.2) is 0 Å². The summed E-state index contributed by atoms with van der Waals surface area (Å²) < 4.78 is 16.8. The van der Waals surface area contributed by atoms with Gasteiger partial charge in [-0.05, 0) is 5.52 Å². The van der Waals surface area contributed by atoms with Crippen LogP contribution in [0.5, 0.6) is 17.2 Å². The van der Waals surface area contributed by atoms with Crippen LogP contribution in [-0.2, 0) is 25.5 Å². The summed E-state index contributed by atoms with van der Waals surface area (Å²) in [5.74, 6) is 2.34. The maximum absolute atomic E-state index is 5.96. The Hall–Kier alpha value is -1.84. The minimum atomic E-state index is 0. The number of benzene rings is 2. The number of fused-ring (bicyclic) bond motifs is 6. The van der Waals surface area contributed by atoms with Crippen LogP contribution in [0.3, 0.4) is 0 Å². The molecule has 5 rings (SSSR count). The van der Waals surface area contributed by atoms with Crippen molar-refractivity contribution in [1.29, 1.82) is 0 Å². The predicted molar refractivity (Wildman–Crippen MR) is 82.7 cm³/mol. The van der Waals surface area contributed by atoms with Crippen LogP contribution in [-0.4, -0.2) is 18.4 Å². The zero-order chi connectivity index (χ0) is 14.9. The Balaban J connectivity index is 0.00000135. The number of hydrogen-bond acceptors (Lipinski definition) is 4. The summed E-state index contributed by atoms with van der Waals surface area (Å²) in [7, 11) is 0. The van der Waals surface area contributed by atoms with Gasteiger partial charge in [-0.1, -0.05) is 38.1 Å². The van der Waals surface area contributed by atoms with Crippen LogP contribution in [0.25, 0.3) is 21.7 Å². The summed E-state index contributed by atoms with van der Waals surface area (Å²) >= 11 is 0. The second-order valence-electron chi connectivity index (χ2n) is 6.47. The fourth-order valence-corrected chi connectivity index (χ4v) is 3.22. The van der Waals surface area contributed by atoms with Gasteiger partial charge >= 0.3 is 0 Å². The minimum absolute atomic E-state index is 0. The third kappa shape index (κ3) is 1.97. The first-order chi connectivity index (χ1) is 10.6. The number of rotatable bonds is 0. The van der Waals surface area contributed by atoms with Crippen LogP contribution in [0.1, 0.15) is 19.4 Å². The molecule has 0 unspecified atom stereocenters. The molecule has 2 aromatic carbocycles. The molecule has 119 valence electrons. The van der Waals surface area contributed by atoms with E-state index in [0.29, 0.717) is 12.4 Å². The van der Waals surface area contributed by atoms with Crippen molar-refractivity contribution < 1.29 is 34.3 Å². The molecular weight excluding hydrogens is 470 g/mol. The summed E-state index contributed by atoms with van der Waals surface area (Å²) in [6.07, 6.45) is 1.93.